The zero-order valence-corrected chi connectivity index (χ0v) is 16.4. The highest BCUT2D eigenvalue weighted by Gasteiger charge is 2.17. The van der Waals surface area contributed by atoms with Crippen molar-refractivity contribution in [2.24, 2.45) is 4.99 Å². The van der Waals surface area contributed by atoms with Gasteiger partial charge in [0.15, 0.2) is 4.80 Å². The lowest BCUT2D eigenvalue weighted by molar-refractivity contribution is -0.384. The Morgan fingerprint density at radius 2 is 2.07 bits per heavy atom. The van der Waals surface area contributed by atoms with Crippen molar-refractivity contribution in [1.82, 2.24) is 4.57 Å². The lowest BCUT2D eigenvalue weighted by atomic mass is 10.2. The van der Waals surface area contributed by atoms with E-state index in [4.69, 9.17) is 16.3 Å². The fourth-order valence-corrected chi connectivity index (χ4v) is 3.97. The number of aryl methyl sites for hydroxylation is 1. The average Bonchev–Trinajstić information content (AvgIpc) is 2.99. The molecule has 10 heteroatoms. The number of para-hydroxylation sites is 1. The van der Waals surface area contributed by atoms with E-state index in [-0.39, 0.29) is 27.6 Å². The third-order valence-electron chi connectivity index (χ3n) is 4.01. The molecule has 0 saturated heterocycles. The first kappa shape index (κ1) is 19.7. The molecule has 0 saturated carbocycles. The molecule has 0 N–H and O–H groups in total. The number of hydrogen-bond acceptors (Lipinski definition) is 6. The number of thiazole rings is 1. The van der Waals surface area contributed by atoms with Gasteiger partial charge in [-0.3, -0.25) is 19.7 Å². The lowest BCUT2D eigenvalue weighted by Gasteiger charge is -2.05. The smallest absolute Gasteiger partial charge is 0.325 e. The van der Waals surface area contributed by atoms with Crippen LogP contribution in [0.5, 0.6) is 0 Å². The predicted molar refractivity (Wildman–Crippen MR) is 105 cm³/mol. The number of ether oxygens (including phenoxy) is 1. The highest BCUT2D eigenvalue weighted by molar-refractivity contribution is 7.16. The van der Waals surface area contributed by atoms with Crippen LogP contribution in [0.3, 0.4) is 0 Å². The Hall–Kier alpha value is -3.04. The third-order valence-corrected chi connectivity index (χ3v) is 5.38. The number of hydrogen-bond donors (Lipinski definition) is 0. The number of carbonyl (C=O) groups is 2. The van der Waals surface area contributed by atoms with E-state index < -0.39 is 16.8 Å². The van der Waals surface area contributed by atoms with Gasteiger partial charge in [0.25, 0.3) is 11.6 Å². The minimum absolute atomic E-state index is 0.0520. The van der Waals surface area contributed by atoms with E-state index in [1.54, 1.807) is 4.57 Å². The Labute approximate surface area is 167 Å². The number of amides is 1. The predicted octanol–water partition coefficient (Wildman–Crippen LogP) is 3.49. The average molecular weight is 420 g/mol. The fraction of sp³-hybridized carbons (Fsp3) is 0.167. The van der Waals surface area contributed by atoms with Crippen LogP contribution in [0.1, 0.15) is 15.9 Å². The molecular formula is C18H14ClN3O5S. The summed E-state index contributed by atoms with van der Waals surface area (Å²) >= 11 is 7.25. The molecule has 1 aromatic heterocycles. The lowest BCUT2D eigenvalue weighted by Crippen LogP contribution is -2.22. The number of carbonyl (C=O) groups excluding carboxylic acids is 2. The van der Waals surface area contributed by atoms with E-state index in [9.17, 15) is 19.7 Å². The molecule has 3 rings (SSSR count). The van der Waals surface area contributed by atoms with Crippen LogP contribution < -0.4 is 4.80 Å². The number of nitro benzene ring substituents is 1. The zero-order valence-electron chi connectivity index (χ0n) is 14.8. The summed E-state index contributed by atoms with van der Waals surface area (Å²) in [5.41, 5.74) is 1.31. The van der Waals surface area contributed by atoms with Crippen molar-refractivity contribution >= 4 is 50.7 Å². The highest BCUT2D eigenvalue weighted by Crippen LogP contribution is 2.24. The molecule has 144 valence electrons. The van der Waals surface area contributed by atoms with Crippen molar-refractivity contribution in [3.05, 3.63) is 67.5 Å². The molecule has 2 aromatic carbocycles. The van der Waals surface area contributed by atoms with Gasteiger partial charge in [-0.15, -0.1) is 0 Å². The number of halogens is 1. The normalized spacial score (nSPS) is 11.6. The van der Waals surface area contributed by atoms with Gasteiger partial charge in [0.2, 0.25) is 0 Å². The number of methoxy groups -OCH3 is 1. The Balaban J connectivity index is 2.19. The van der Waals surface area contributed by atoms with Crippen molar-refractivity contribution in [3.8, 4) is 0 Å². The summed E-state index contributed by atoms with van der Waals surface area (Å²) in [6.45, 7) is 1.75. The van der Waals surface area contributed by atoms with E-state index in [0.29, 0.717) is 0 Å². The summed E-state index contributed by atoms with van der Waals surface area (Å²) in [7, 11) is 1.27. The van der Waals surface area contributed by atoms with Crippen LogP contribution in [0.2, 0.25) is 5.02 Å². The first-order valence-electron chi connectivity index (χ1n) is 8.00. The number of rotatable bonds is 4. The van der Waals surface area contributed by atoms with Gasteiger partial charge in [-0.1, -0.05) is 35.1 Å². The highest BCUT2D eigenvalue weighted by atomic mass is 35.5. The van der Waals surface area contributed by atoms with Crippen LogP contribution >= 0.6 is 22.9 Å². The zero-order chi connectivity index (χ0) is 20.4. The van der Waals surface area contributed by atoms with E-state index in [2.05, 4.69) is 4.99 Å². The van der Waals surface area contributed by atoms with Crippen LogP contribution in [0, 0.1) is 17.0 Å². The van der Waals surface area contributed by atoms with E-state index in [0.717, 1.165) is 21.8 Å². The van der Waals surface area contributed by atoms with Crippen molar-refractivity contribution in [2.75, 3.05) is 7.11 Å². The quantitative estimate of drug-likeness (QED) is 0.366. The molecule has 28 heavy (non-hydrogen) atoms. The van der Waals surface area contributed by atoms with E-state index in [1.807, 2.05) is 25.1 Å². The van der Waals surface area contributed by atoms with Gasteiger partial charge in [-0.2, -0.15) is 4.99 Å². The standard InChI is InChI=1S/C18H14ClN3O5S/c1-10-4-3-5-14-16(10)21(9-15(23)27-2)18(28-14)20-17(24)12-8-11(22(25)26)6-7-13(12)19/h3-8H,9H2,1-2H3. The van der Waals surface area contributed by atoms with Crippen LogP contribution in [-0.2, 0) is 16.1 Å². The van der Waals surface area contributed by atoms with Crippen LogP contribution in [0.25, 0.3) is 10.2 Å². The molecule has 0 aliphatic rings. The molecule has 0 radical (unpaired) electrons. The minimum Gasteiger partial charge on any atom is -0.468 e. The summed E-state index contributed by atoms with van der Waals surface area (Å²) in [5, 5.41) is 11.0. The maximum absolute atomic E-state index is 12.7. The molecule has 8 nitrogen and oxygen atoms in total. The summed E-state index contributed by atoms with van der Waals surface area (Å²) in [6.07, 6.45) is 0. The van der Waals surface area contributed by atoms with Gasteiger partial charge in [0.1, 0.15) is 6.54 Å². The number of nitrogens with zero attached hydrogens (tertiary/aromatic N) is 3. The maximum Gasteiger partial charge on any atom is 0.325 e. The van der Waals surface area contributed by atoms with Gasteiger partial charge in [-0.25, -0.2) is 0 Å². The monoisotopic (exact) mass is 419 g/mol. The van der Waals surface area contributed by atoms with Crippen molar-refractivity contribution in [3.63, 3.8) is 0 Å². The fourth-order valence-electron chi connectivity index (χ4n) is 2.67. The Morgan fingerprint density at radius 3 is 2.75 bits per heavy atom. The molecule has 0 spiro atoms. The number of fused-ring (bicyclic) bond motifs is 1. The Kier molecular flexibility index (Phi) is 5.57. The summed E-state index contributed by atoms with van der Waals surface area (Å²) < 4.78 is 7.16. The van der Waals surface area contributed by atoms with Gasteiger partial charge < -0.3 is 9.30 Å². The number of aromatic nitrogens is 1. The molecule has 1 amide bonds. The first-order chi connectivity index (χ1) is 13.3. The number of nitro groups is 1. The number of non-ortho nitro benzene ring substituents is 1. The van der Waals surface area contributed by atoms with Crippen molar-refractivity contribution in [2.45, 2.75) is 13.5 Å². The second kappa shape index (κ2) is 7.91. The van der Waals surface area contributed by atoms with Crippen molar-refractivity contribution < 1.29 is 19.2 Å². The molecule has 0 aliphatic heterocycles. The molecule has 1 heterocycles. The topological polar surface area (TPSA) is 104 Å². The summed E-state index contributed by atoms with van der Waals surface area (Å²) in [4.78, 5) is 39.2. The van der Waals surface area contributed by atoms with Crippen LogP contribution in [0.4, 0.5) is 5.69 Å². The van der Waals surface area contributed by atoms with Crippen molar-refractivity contribution in [1.29, 1.82) is 0 Å². The SMILES string of the molecule is COC(=O)Cn1c(=NC(=O)c2cc([N+](=O)[O-])ccc2Cl)sc2cccc(C)c21. The molecule has 0 bridgehead atoms. The number of esters is 1. The van der Waals surface area contributed by atoms with Gasteiger partial charge >= 0.3 is 5.97 Å². The maximum atomic E-state index is 12.7. The van der Waals surface area contributed by atoms with Gasteiger partial charge in [0, 0.05) is 12.1 Å². The van der Waals surface area contributed by atoms with E-state index >= 15 is 0 Å². The van der Waals surface area contributed by atoms with E-state index in [1.165, 1.54) is 30.6 Å². The molecule has 0 aliphatic carbocycles. The largest absolute Gasteiger partial charge is 0.468 e. The number of benzene rings is 2. The molecule has 0 unspecified atom stereocenters. The molecule has 0 fully saturated rings. The van der Waals surface area contributed by atoms with Gasteiger partial charge in [0.05, 0.1) is 32.8 Å². The van der Waals surface area contributed by atoms with Crippen LogP contribution in [0.15, 0.2) is 41.4 Å². The molecule has 3 aromatic rings. The van der Waals surface area contributed by atoms with Crippen LogP contribution in [-0.4, -0.2) is 28.5 Å². The summed E-state index contributed by atoms with van der Waals surface area (Å²) in [6, 6.07) is 9.16. The summed E-state index contributed by atoms with van der Waals surface area (Å²) in [5.74, 6) is -1.23. The molecule has 0 atom stereocenters. The second-order valence-corrected chi connectivity index (χ2v) is 7.22. The van der Waals surface area contributed by atoms with Gasteiger partial charge in [-0.05, 0) is 24.6 Å². The Bertz CT molecular complexity index is 1180. The second-order valence-electron chi connectivity index (χ2n) is 5.81. The first-order valence-corrected chi connectivity index (χ1v) is 9.20. The Morgan fingerprint density at radius 1 is 1.32 bits per heavy atom. The molecular weight excluding hydrogens is 406 g/mol. The minimum atomic E-state index is -0.739. The third kappa shape index (κ3) is 3.80.